The predicted molar refractivity (Wildman–Crippen MR) is 84.5 cm³/mol. The van der Waals surface area contributed by atoms with Crippen LogP contribution >= 0.6 is 0 Å². The molecule has 0 heterocycles. The van der Waals surface area contributed by atoms with Gasteiger partial charge in [0.1, 0.15) is 0 Å². The summed E-state index contributed by atoms with van der Waals surface area (Å²) in [5, 5.41) is 3.40. The molecule has 0 saturated heterocycles. The summed E-state index contributed by atoms with van der Waals surface area (Å²) in [5.74, 6) is 2.23. The largest absolute Gasteiger partial charge is 0.493 e. The maximum atomic E-state index is 5.88. The molecule has 3 heteroatoms. The molecule has 1 aromatic carbocycles. The summed E-state index contributed by atoms with van der Waals surface area (Å²) in [5.41, 5.74) is 1.21. The van der Waals surface area contributed by atoms with Gasteiger partial charge in [0, 0.05) is 12.6 Å². The molecule has 1 unspecified atom stereocenters. The van der Waals surface area contributed by atoms with Gasteiger partial charge in [0.25, 0.3) is 0 Å². The van der Waals surface area contributed by atoms with Crippen molar-refractivity contribution in [2.75, 3.05) is 13.7 Å². The fraction of sp³-hybridized carbons (Fsp3) is 0.647. The molecule has 1 atom stereocenters. The second kappa shape index (κ2) is 8.85. The van der Waals surface area contributed by atoms with Crippen LogP contribution in [0, 0.1) is 5.92 Å². The van der Waals surface area contributed by atoms with Gasteiger partial charge in [0.15, 0.2) is 11.5 Å². The molecule has 0 amide bonds. The van der Waals surface area contributed by atoms with Crippen molar-refractivity contribution in [3.8, 4) is 11.5 Å². The molecule has 20 heavy (non-hydrogen) atoms. The van der Waals surface area contributed by atoms with Crippen LogP contribution < -0.4 is 14.8 Å². The Balaban J connectivity index is 2.63. The molecule has 1 aromatic rings. The van der Waals surface area contributed by atoms with Gasteiger partial charge in [0.05, 0.1) is 13.7 Å². The summed E-state index contributed by atoms with van der Waals surface area (Å²) < 4.78 is 11.3. The molecule has 0 aromatic heterocycles. The minimum absolute atomic E-state index is 0.479. The van der Waals surface area contributed by atoms with E-state index in [1.165, 1.54) is 18.4 Å². The van der Waals surface area contributed by atoms with Gasteiger partial charge in [-0.15, -0.1) is 0 Å². The maximum Gasteiger partial charge on any atom is 0.161 e. The van der Waals surface area contributed by atoms with Gasteiger partial charge in [-0.05, 0) is 30.0 Å². The van der Waals surface area contributed by atoms with Crippen LogP contribution in [0.2, 0.25) is 0 Å². The first-order chi connectivity index (χ1) is 9.56. The van der Waals surface area contributed by atoms with Gasteiger partial charge in [0.2, 0.25) is 0 Å². The van der Waals surface area contributed by atoms with E-state index in [2.05, 4.69) is 45.1 Å². The van der Waals surface area contributed by atoms with E-state index in [-0.39, 0.29) is 0 Å². The van der Waals surface area contributed by atoms with E-state index < -0.39 is 0 Å². The number of benzene rings is 1. The Kier molecular flexibility index (Phi) is 7.45. The van der Waals surface area contributed by atoms with Crippen molar-refractivity contribution in [3.05, 3.63) is 23.8 Å². The smallest absolute Gasteiger partial charge is 0.161 e. The van der Waals surface area contributed by atoms with E-state index in [1.54, 1.807) is 7.11 Å². The van der Waals surface area contributed by atoms with Crippen molar-refractivity contribution >= 4 is 0 Å². The lowest BCUT2D eigenvalue weighted by Crippen LogP contribution is -2.21. The minimum Gasteiger partial charge on any atom is -0.493 e. The van der Waals surface area contributed by atoms with Crippen molar-refractivity contribution in [1.29, 1.82) is 0 Å². The average Bonchev–Trinajstić information content (AvgIpc) is 2.43. The third kappa shape index (κ3) is 5.83. The molecule has 0 aliphatic carbocycles. The third-order valence-electron chi connectivity index (χ3n) is 3.25. The highest BCUT2D eigenvalue weighted by molar-refractivity contribution is 5.42. The van der Waals surface area contributed by atoms with Crippen LogP contribution in [0.15, 0.2) is 18.2 Å². The lowest BCUT2D eigenvalue weighted by molar-refractivity contribution is 0.240. The number of nitrogens with one attached hydrogen (secondary N) is 1. The van der Waals surface area contributed by atoms with Gasteiger partial charge >= 0.3 is 0 Å². The molecule has 1 N–H and O–H groups in total. The number of ether oxygens (including phenoxy) is 2. The van der Waals surface area contributed by atoms with Crippen molar-refractivity contribution in [1.82, 2.24) is 5.32 Å². The summed E-state index contributed by atoms with van der Waals surface area (Å²) in [6.07, 6.45) is 2.39. The lowest BCUT2D eigenvalue weighted by atomic mass is 10.1. The zero-order valence-corrected chi connectivity index (χ0v) is 13.5. The van der Waals surface area contributed by atoms with Crippen LogP contribution in [-0.4, -0.2) is 19.8 Å². The van der Waals surface area contributed by atoms with Gasteiger partial charge in [-0.1, -0.05) is 40.2 Å². The number of rotatable bonds is 9. The van der Waals surface area contributed by atoms with E-state index in [9.17, 15) is 0 Å². The van der Waals surface area contributed by atoms with Gasteiger partial charge in [-0.3, -0.25) is 0 Å². The van der Waals surface area contributed by atoms with E-state index in [1.807, 2.05) is 6.07 Å². The van der Waals surface area contributed by atoms with Crippen LogP contribution in [-0.2, 0) is 6.54 Å². The third-order valence-corrected chi connectivity index (χ3v) is 3.25. The Morgan fingerprint density at radius 3 is 2.50 bits per heavy atom. The van der Waals surface area contributed by atoms with Crippen LogP contribution in [0.3, 0.4) is 0 Å². The summed E-state index contributed by atoms with van der Waals surface area (Å²) in [6.45, 7) is 10.3. The Morgan fingerprint density at radius 1 is 1.15 bits per heavy atom. The molecular weight excluding hydrogens is 250 g/mol. The van der Waals surface area contributed by atoms with Crippen molar-refractivity contribution in [2.45, 2.75) is 53.1 Å². The molecule has 0 aliphatic rings. The topological polar surface area (TPSA) is 30.5 Å². The molecule has 114 valence electrons. The highest BCUT2D eigenvalue weighted by Crippen LogP contribution is 2.28. The Hall–Kier alpha value is -1.22. The highest BCUT2D eigenvalue weighted by atomic mass is 16.5. The van der Waals surface area contributed by atoms with Crippen molar-refractivity contribution < 1.29 is 9.47 Å². The van der Waals surface area contributed by atoms with Crippen LogP contribution in [0.5, 0.6) is 11.5 Å². The van der Waals surface area contributed by atoms with E-state index in [0.29, 0.717) is 12.0 Å². The monoisotopic (exact) mass is 279 g/mol. The lowest BCUT2D eigenvalue weighted by Gasteiger charge is -2.16. The quantitative estimate of drug-likeness (QED) is 0.741. The Morgan fingerprint density at radius 2 is 1.90 bits per heavy atom. The summed E-state index contributed by atoms with van der Waals surface area (Å²) >= 11 is 0. The van der Waals surface area contributed by atoms with Gasteiger partial charge < -0.3 is 14.8 Å². The Bertz CT molecular complexity index is 391. The zero-order chi connectivity index (χ0) is 15.0. The van der Waals surface area contributed by atoms with E-state index in [0.717, 1.165) is 24.7 Å². The zero-order valence-electron chi connectivity index (χ0n) is 13.5. The van der Waals surface area contributed by atoms with E-state index >= 15 is 0 Å². The fourth-order valence-electron chi connectivity index (χ4n) is 2.07. The molecule has 0 radical (unpaired) electrons. The van der Waals surface area contributed by atoms with Crippen LogP contribution in [0.4, 0.5) is 0 Å². The summed E-state index contributed by atoms with van der Waals surface area (Å²) in [7, 11) is 1.69. The molecule has 0 saturated carbocycles. The van der Waals surface area contributed by atoms with Crippen molar-refractivity contribution in [2.24, 2.45) is 5.92 Å². The van der Waals surface area contributed by atoms with Gasteiger partial charge in [-0.2, -0.15) is 0 Å². The molecular formula is C17H29NO2. The second-order valence-electron chi connectivity index (χ2n) is 5.73. The number of hydrogen-bond donors (Lipinski definition) is 1. The first-order valence-electron chi connectivity index (χ1n) is 7.59. The first kappa shape index (κ1) is 16.8. The predicted octanol–water partition coefficient (Wildman–Crippen LogP) is 4.01. The molecule has 0 aliphatic heterocycles. The summed E-state index contributed by atoms with van der Waals surface area (Å²) in [6, 6.07) is 6.63. The molecule has 3 nitrogen and oxygen atoms in total. The number of methoxy groups -OCH3 is 1. The molecule has 0 spiro atoms. The molecule has 0 bridgehead atoms. The minimum atomic E-state index is 0.479. The first-order valence-corrected chi connectivity index (χ1v) is 7.59. The summed E-state index contributed by atoms with van der Waals surface area (Å²) in [4.78, 5) is 0. The maximum absolute atomic E-state index is 5.88. The SMILES string of the molecule is CCCC(C)COc1ccc(CNC(C)C)cc1OC. The number of hydrogen-bond acceptors (Lipinski definition) is 3. The average molecular weight is 279 g/mol. The molecule has 0 fully saturated rings. The fourth-order valence-corrected chi connectivity index (χ4v) is 2.07. The Labute approximate surface area is 123 Å². The standard InChI is InChI=1S/C17H29NO2/c1-6-7-14(4)12-20-16-9-8-15(10-17(16)19-5)11-18-13(2)3/h8-10,13-14,18H,6-7,11-12H2,1-5H3. The van der Waals surface area contributed by atoms with Crippen LogP contribution in [0.25, 0.3) is 0 Å². The molecule has 1 rings (SSSR count). The van der Waals surface area contributed by atoms with Gasteiger partial charge in [-0.25, -0.2) is 0 Å². The second-order valence-corrected chi connectivity index (χ2v) is 5.73. The van der Waals surface area contributed by atoms with Crippen LogP contribution in [0.1, 0.15) is 46.1 Å². The van der Waals surface area contributed by atoms with E-state index in [4.69, 9.17) is 9.47 Å². The highest BCUT2D eigenvalue weighted by Gasteiger charge is 2.08. The normalized spacial score (nSPS) is 12.5. The van der Waals surface area contributed by atoms with Crippen molar-refractivity contribution in [3.63, 3.8) is 0 Å².